The summed E-state index contributed by atoms with van der Waals surface area (Å²) < 4.78 is 5.25. The molecular formula is C10H6ClNO. The van der Waals surface area contributed by atoms with Crippen LogP contribution in [0.15, 0.2) is 28.9 Å². The van der Waals surface area contributed by atoms with Crippen molar-refractivity contribution in [1.29, 1.82) is 5.26 Å². The van der Waals surface area contributed by atoms with Gasteiger partial charge in [-0.15, -0.1) is 0 Å². The minimum Gasteiger partial charge on any atom is -0.464 e. The molecule has 0 aliphatic rings. The SMILES string of the molecule is N#CCc1coc2cc(Cl)ccc12. The van der Waals surface area contributed by atoms with Gasteiger partial charge in [0.1, 0.15) is 5.58 Å². The number of benzene rings is 1. The van der Waals surface area contributed by atoms with Crippen molar-refractivity contribution < 1.29 is 4.42 Å². The van der Waals surface area contributed by atoms with Crippen LogP contribution in [0, 0.1) is 11.3 Å². The zero-order valence-corrected chi connectivity index (χ0v) is 7.51. The number of halogens is 1. The molecule has 0 aliphatic carbocycles. The van der Waals surface area contributed by atoms with E-state index in [9.17, 15) is 0 Å². The van der Waals surface area contributed by atoms with Crippen LogP contribution in [0.5, 0.6) is 0 Å². The summed E-state index contributed by atoms with van der Waals surface area (Å²) in [5.41, 5.74) is 1.65. The van der Waals surface area contributed by atoms with Crippen LogP contribution in [0.25, 0.3) is 11.0 Å². The second-order valence-corrected chi connectivity index (χ2v) is 3.17. The second-order valence-electron chi connectivity index (χ2n) is 2.74. The van der Waals surface area contributed by atoms with Crippen molar-refractivity contribution in [2.45, 2.75) is 6.42 Å². The van der Waals surface area contributed by atoms with Gasteiger partial charge in [-0.25, -0.2) is 0 Å². The summed E-state index contributed by atoms with van der Waals surface area (Å²) in [6.45, 7) is 0. The Morgan fingerprint density at radius 1 is 1.46 bits per heavy atom. The first-order chi connectivity index (χ1) is 6.31. The molecule has 64 valence electrons. The molecule has 0 saturated carbocycles. The van der Waals surface area contributed by atoms with Crippen LogP contribution in [-0.4, -0.2) is 0 Å². The van der Waals surface area contributed by atoms with Crippen LogP contribution < -0.4 is 0 Å². The summed E-state index contributed by atoms with van der Waals surface area (Å²) in [5, 5.41) is 10.1. The van der Waals surface area contributed by atoms with E-state index in [0.29, 0.717) is 11.4 Å². The van der Waals surface area contributed by atoms with Crippen LogP contribution in [0.3, 0.4) is 0 Å². The molecule has 13 heavy (non-hydrogen) atoms. The summed E-state index contributed by atoms with van der Waals surface area (Å²) in [6, 6.07) is 7.49. The lowest BCUT2D eigenvalue weighted by Gasteiger charge is -1.90. The molecule has 3 heteroatoms. The van der Waals surface area contributed by atoms with Crippen molar-refractivity contribution in [3.8, 4) is 6.07 Å². The normalized spacial score (nSPS) is 10.2. The standard InChI is InChI=1S/C10H6ClNO/c11-8-1-2-9-7(3-4-12)6-13-10(9)5-8/h1-2,5-6H,3H2. The van der Waals surface area contributed by atoms with Crippen LogP contribution in [0.2, 0.25) is 5.02 Å². The maximum absolute atomic E-state index is 8.53. The van der Waals surface area contributed by atoms with Crippen molar-refractivity contribution in [1.82, 2.24) is 0 Å². The summed E-state index contributed by atoms with van der Waals surface area (Å²) in [4.78, 5) is 0. The Morgan fingerprint density at radius 2 is 2.31 bits per heavy atom. The van der Waals surface area contributed by atoms with Gasteiger partial charge in [0.2, 0.25) is 0 Å². The third kappa shape index (κ3) is 1.39. The molecule has 0 fully saturated rings. The van der Waals surface area contributed by atoms with E-state index >= 15 is 0 Å². The fraction of sp³-hybridized carbons (Fsp3) is 0.100. The summed E-state index contributed by atoms with van der Waals surface area (Å²) in [5.74, 6) is 0. The minimum absolute atomic E-state index is 0.370. The molecule has 0 radical (unpaired) electrons. The van der Waals surface area contributed by atoms with Gasteiger partial charge in [0.15, 0.2) is 0 Å². The first kappa shape index (κ1) is 8.15. The fourth-order valence-electron chi connectivity index (χ4n) is 1.28. The quantitative estimate of drug-likeness (QED) is 0.694. The molecule has 2 rings (SSSR count). The van der Waals surface area contributed by atoms with Gasteiger partial charge in [-0.1, -0.05) is 11.6 Å². The zero-order chi connectivity index (χ0) is 9.26. The topological polar surface area (TPSA) is 36.9 Å². The lowest BCUT2D eigenvalue weighted by Crippen LogP contribution is -1.76. The van der Waals surface area contributed by atoms with Crippen LogP contribution in [0.1, 0.15) is 5.56 Å². The summed E-state index contributed by atoms with van der Waals surface area (Å²) in [6.07, 6.45) is 1.97. The van der Waals surface area contributed by atoms with Crippen molar-refractivity contribution >= 4 is 22.6 Å². The number of hydrogen-bond acceptors (Lipinski definition) is 2. The highest BCUT2D eigenvalue weighted by Crippen LogP contribution is 2.24. The van der Waals surface area contributed by atoms with Crippen molar-refractivity contribution in [3.63, 3.8) is 0 Å². The Balaban J connectivity index is 2.63. The average molecular weight is 192 g/mol. The van der Waals surface area contributed by atoms with E-state index in [2.05, 4.69) is 6.07 Å². The van der Waals surface area contributed by atoms with Gasteiger partial charge < -0.3 is 4.42 Å². The van der Waals surface area contributed by atoms with E-state index in [1.807, 2.05) is 6.07 Å². The van der Waals surface area contributed by atoms with Gasteiger partial charge in [-0.2, -0.15) is 5.26 Å². The largest absolute Gasteiger partial charge is 0.464 e. The molecule has 2 nitrogen and oxygen atoms in total. The zero-order valence-electron chi connectivity index (χ0n) is 6.75. The lowest BCUT2D eigenvalue weighted by atomic mass is 10.1. The van der Waals surface area contributed by atoms with E-state index in [0.717, 1.165) is 16.5 Å². The number of nitriles is 1. The Morgan fingerprint density at radius 3 is 3.08 bits per heavy atom. The van der Waals surface area contributed by atoms with Crippen LogP contribution >= 0.6 is 11.6 Å². The predicted molar refractivity (Wildman–Crippen MR) is 50.5 cm³/mol. The van der Waals surface area contributed by atoms with Gasteiger partial charge in [0.25, 0.3) is 0 Å². The van der Waals surface area contributed by atoms with Gasteiger partial charge in [0.05, 0.1) is 18.8 Å². The maximum Gasteiger partial charge on any atom is 0.135 e. The van der Waals surface area contributed by atoms with Gasteiger partial charge in [-0.3, -0.25) is 0 Å². The monoisotopic (exact) mass is 191 g/mol. The van der Waals surface area contributed by atoms with Gasteiger partial charge >= 0.3 is 0 Å². The van der Waals surface area contributed by atoms with Crippen molar-refractivity contribution in [3.05, 3.63) is 35.0 Å². The van der Waals surface area contributed by atoms with Crippen LogP contribution in [-0.2, 0) is 6.42 Å². The van der Waals surface area contributed by atoms with E-state index in [1.54, 1.807) is 18.4 Å². The maximum atomic E-state index is 8.53. The second kappa shape index (κ2) is 3.12. The number of furan rings is 1. The Hall–Kier alpha value is -1.46. The third-order valence-electron chi connectivity index (χ3n) is 1.89. The van der Waals surface area contributed by atoms with Crippen LogP contribution in [0.4, 0.5) is 0 Å². The first-order valence-electron chi connectivity index (χ1n) is 3.84. The smallest absolute Gasteiger partial charge is 0.135 e. The molecule has 0 N–H and O–H groups in total. The molecule has 0 aliphatic heterocycles. The molecule has 0 bridgehead atoms. The molecule has 2 aromatic rings. The highest BCUT2D eigenvalue weighted by molar-refractivity contribution is 6.31. The molecular weight excluding hydrogens is 186 g/mol. The first-order valence-corrected chi connectivity index (χ1v) is 4.21. The molecule has 0 atom stereocenters. The molecule has 1 heterocycles. The average Bonchev–Trinajstić information content (AvgIpc) is 2.49. The third-order valence-corrected chi connectivity index (χ3v) is 2.12. The molecule has 1 aromatic carbocycles. The van der Waals surface area contributed by atoms with Gasteiger partial charge in [-0.05, 0) is 18.2 Å². The fourth-order valence-corrected chi connectivity index (χ4v) is 1.44. The Kier molecular flexibility index (Phi) is 1.96. The van der Waals surface area contributed by atoms with Gasteiger partial charge in [0, 0.05) is 16.0 Å². The Bertz CT molecular complexity index is 481. The number of nitrogens with zero attached hydrogens (tertiary/aromatic N) is 1. The summed E-state index contributed by atoms with van der Waals surface area (Å²) in [7, 11) is 0. The van der Waals surface area contributed by atoms with Crippen molar-refractivity contribution in [2.24, 2.45) is 0 Å². The Labute approximate surface area is 80.3 Å². The predicted octanol–water partition coefficient (Wildman–Crippen LogP) is 3.15. The minimum atomic E-state index is 0.370. The van der Waals surface area contributed by atoms with E-state index in [1.165, 1.54) is 0 Å². The number of hydrogen-bond donors (Lipinski definition) is 0. The summed E-state index contributed by atoms with van der Waals surface area (Å²) >= 11 is 5.78. The number of rotatable bonds is 1. The molecule has 0 unspecified atom stereocenters. The molecule has 0 spiro atoms. The molecule has 0 saturated heterocycles. The molecule has 0 amide bonds. The highest BCUT2D eigenvalue weighted by Gasteiger charge is 2.04. The van der Waals surface area contributed by atoms with Crippen molar-refractivity contribution in [2.75, 3.05) is 0 Å². The lowest BCUT2D eigenvalue weighted by molar-refractivity contribution is 0.612. The van der Waals surface area contributed by atoms with E-state index in [4.69, 9.17) is 21.3 Å². The van der Waals surface area contributed by atoms with E-state index in [-0.39, 0.29) is 0 Å². The highest BCUT2D eigenvalue weighted by atomic mass is 35.5. The molecule has 1 aromatic heterocycles. The number of fused-ring (bicyclic) bond motifs is 1. The van der Waals surface area contributed by atoms with E-state index < -0.39 is 0 Å².